The highest BCUT2D eigenvalue weighted by Crippen LogP contribution is 2.01. The Hall–Kier alpha value is -1.79. The summed E-state index contributed by atoms with van der Waals surface area (Å²) >= 11 is 0. The van der Waals surface area contributed by atoms with Crippen molar-refractivity contribution < 1.29 is 19.5 Å². The van der Waals surface area contributed by atoms with Gasteiger partial charge in [-0.15, -0.1) is 0 Å². The number of hydrogen-bond acceptors (Lipinski definition) is 3. The Morgan fingerprint density at radius 1 is 1.11 bits per heavy atom. The number of urea groups is 1. The van der Waals surface area contributed by atoms with Crippen LogP contribution in [0.1, 0.15) is 27.7 Å². The first kappa shape index (κ1) is 16.2. The first-order valence-corrected chi connectivity index (χ1v) is 5.87. The van der Waals surface area contributed by atoms with E-state index in [0.29, 0.717) is 6.54 Å². The van der Waals surface area contributed by atoms with Gasteiger partial charge in [-0.25, -0.2) is 9.59 Å². The smallest absolute Gasteiger partial charge is 0.326 e. The lowest BCUT2D eigenvalue weighted by Gasteiger charge is -2.20. The Morgan fingerprint density at radius 2 is 1.67 bits per heavy atom. The standard InChI is InChI=1S/C11H21N3O4/c1-5-12-9(15)7(4)13-11(18)14-8(6(2)3)10(16)17/h6-8H,5H2,1-4H3,(H,12,15)(H,16,17)(H2,13,14,18). The monoisotopic (exact) mass is 259 g/mol. The summed E-state index contributed by atoms with van der Waals surface area (Å²) in [6.07, 6.45) is 0. The zero-order chi connectivity index (χ0) is 14.3. The first-order chi connectivity index (χ1) is 8.29. The molecule has 0 fully saturated rings. The third-order valence-corrected chi connectivity index (χ3v) is 2.31. The number of carboxylic acids is 1. The molecule has 0 bridgehead atoms. The Labute approximate surface area is 106 Å². The van der Waals surface area contributed by atoms with Crippen LogP contribution >= 0.6 is 0 Å². The van der Waals surface area contributed by atoms with E-state index in [0.717, 1.165) is 0 Å². The molecule has 0 radical (unpaired) electrons. The average Bonchev–Trinajstić information content (AvgIpc) is 2.25. The van der Waals surface area contributed by atoms with E-state index >= 15 is 0 Å². The molecule has 2 atom stereocenters. The topological polar surface area (TPSA) is 108 Å². The maximum Gasteiger partial charge on any atom is 0.326 e. The van der Waals surface area contributed by atoms with Gasteiger partial charge < -0.3 is 21.1 Å². The van der Waals surface area contributed by atoms with E-state index in [1.807, 2.05) is 0 Å². The van der Waals surface area contributed by atoms with E-state index in [2.05, 4.69) is 16.0 Å². The molecule has 0 aliphatic carbocycles. The van der Waals surface area contributed by atoms with Crippen molar-refractivity contribution >= 4 is 17.9 Å². The number of nitrogens with one attached hydrogen (secondary N) is 3. The predicted molar refractivity (Wildman–Crippen MR) is 66.1 cm³/mol. The van der Waals surface area contributed by atoms with Crippen molar-refractivity contribution in [3.8, 4) is 0 Å². The normalized spacial score (nSPS) is 13.6. The van der Waals surface area contributed by atoms with Crippen LogP contribution in [0, 0.1) is 5.92 Å². The van der Waals surface area contributed by atoms with Crippen LogP contribution in [0.4, 0.5) is 4.79 Å². The van der Waals surface area contributed by atoms with E-state index < -0.39 is 24.1 Å². The zero-order valence-corrected chi connectivity index (χ0v) is 11.1. The van der Waals surface area contributed by atoms with Crippen molar-refractivity contribution in [3.63, 3.8) is 0 Å². The second kappa shape index (κ2) is 7.52. The van der Waals surface area contributed by atoms with Gasteiger partial charge in [-0.3, -0.25) is 4.79 Å². The summed E-state index contributed by atoms with van der Waals surface area (Å²) in [5.74, 6) is -1.66. The van der Waals surface area contributed by atoms with Crippen molar-refractivity contribution in [1.29, 1.82) is 0 Å². The molecule has 0 rings (SSSR count). The maximum atomic E-state index is 11.5. The Bertz CT molecular complexity index is 317. The number of carboxylic acid groups (broad SMARTS) is 1. The van der Waals surface area contributed by atoms with Gasteiger partial charge in [-0.05, 0) is 19.8 Å². The molecule has 0 saturated heterocycles. The Morgan fingerprint density at radius 3 is 2.06 bits per heavy atom. The molecule has 3 amide bonds. The molecule has 0 aromatic heterocycles. The van der Waals surface area contributed by atoms with Gasteiger partial charge in [0.1, 0.15) is 12.1 Å². The number of hydrogen-bond donors (Lipinski definition) is 4. The summed E-state index contributed by atoms with van der Waals surface area (Å²) in [7, 11) is 0. The molecule has 0 aromatic rings. The van der Waals surface area contributed by atoms with Crippen LogP contribution in [0.15, 0.2) is 0 Å². The number of likely N-dealkylation sites (N-methyl/N-ethyl adjacent to an activating group) is 1. The molecule has 7 heteroatoms. The van der Waals surface area contributed by atoms with E-state index in [1.54, 1.807) is 20.8 Å². The summed E-state index contributed by atoms with van der Waals surface area (Å²) in [6.45, 7) is 7.13. The highest BCUT2D eigenvalue weighted by atomic mass is 16.4. The molecular weight excluding hydrogens is 238 g/mol. The predicted octanol–water partition coefficient (Wildman–Crippen LogP) is -0.0806. The molecule has 7 nitrogen and oxygen atoms in total. The summed E-state index contributed by atoms with van der Waals surface area (Å²) in [5.41, 5.74) is 0. The minimum absolute atomic E-state index is 0.243. The molecule has 0 spiro atoms. The molecule has 0 saturated carbocycles. The second-order valence-electron chi connectivity index (χ2n) is 4.29. The van der Waals surface area contributed by atoms with Crippen LogP contribution in [0.2, 0.25) is 0 Å². The molecule has 0 aliphatic heterocycles. The van der Waals surface area contributed by atoms with E-state index in [4.69, 9.17) is 5.11 Å². The van der Waals surface area contributed by atoms with Crippen LogP contribution in [0.3, 0.4) is 0 Å². The first-order valence-electron chi connectivity index (χ1n) is 5.87. The Kier molecular flexibility index (Phi) is 6.77. The second-order valence-corrected chi connectivity index (χ2v) is 4.29. The van der Waals surface area contributed by atoms with Crippen molar-refractivity contribution in [1.82, 2.24) is 16.0 Å². The molecule has 18 heavy (non-hydrogen) atoms. The number of rotatable bonds is 6. The van der Waals surface area contributed by atoms with Gasteiger partial charge in [0.05, 0.1) is 0 Å². The van der Waals surface area contributed by atoms with Gasteiger partial charge in [0.2, 0.25) is 5.91 Å². The van der Waals surface area contributed by atoms with Gasteiger partial charge in [0, 0.05) is 6.54 Å². The number of carbonyl (C=O) groups is 3. The lowest BCUT2D eigenvalue weighted by molar-refractivity contribution is -0.140. The molecule has 4 N–H and O–H groups in total. The minimum Gasteiger partial charge on any atom is -0.480 e. The Balaban J connectivity index is 4.33. The third kappa shape index (κ3) is 5.51. The van der Waals surface area contributed by atoms with Gasteiger partial charge in [-0.1, -0.05) is 13.8 Å². The van der Waals surface area contributed by atoms with Crippen molar-refractivity contribution in [2.45, 2.75) is 39.8 Å². The lowest BCUT2D eigenvalue weighted by atomic mass is 10.1. The zero-order valence-electron chi connectivity index (χ0n) is 11.1. The van der Waals surface area contributed by atoms with Gasteiger partial charge in [-0.2, -0.15) is 0 Å². The fraction of sp³-hybridized carbons (Fsp3) is 0.727. The van der Waals surface area contributed by atoms with Crippen LogP contribution in [0.25, 0.3) is 0 Å². The van der Waals surface area contributed by atoms with Crippen molar-refractivity contribution in [2.75, 3.05) is 6.54 Å². The van der Waals surface area contributed by atoms with Gasteiger partial charge in [0.15, 0.2) is 0 Å². The van der Waals surface area contributed by atoms with E-state index in [-0.39, 0.29) is 11.8 Å². The molecule has 0 aromatic carbocycles. The largest absolute Gasteiger partial charge is 0.480 e. The highest BCUT2D eigenvalue weighted by molar-refractivity contribution is 5.88. The highest BCUT2D eigenvalue weighted by Gasteiger charge is 2.24. The molecule has 0 heterocycles. The number of carbonyl (C=O) groups excluding carboxylic acids is 2. The van der Waals surface area contributed by atoms with Crippen LogP contribution in [-0.4, -0.2) is 41.6 Å². The van der Waals surface area contributed by atoms with Crippen molar-refractivity contribution in [3.05, 3.63) is 0 Å². The van der Waals surface area contributed by atoms with E-state index in [9.17, 15) is 14.4 Å². The summed E-state index contributed by atoms with van der Waals surface area (Å²) in [4.78, 5) is 33.8. The molecular formula is C11H21N3O4. The van der Waals surface area contributed by atoms with Crippen LogP contribution < -0.4 is 16.0 Å². The minimum atomic E-state index is -1.11. The van der Waals surface area contributed by atoms with Gasteiger partial charge >= 0.3 is 12.0 Å². The van der Waals surface area contributed by atoms with Crippen molar-refractivity contribution in [2.24, 2.45) is 5.92 Å². The fourth-order valence-corrected chi connectivity index (χ4v) is 1.29. The quantitative estimate of drug-likeness (QED) is 0.535. The van der Waals surface area contributed by atoms with Crippen LogP contribution in [-0.2, 0) is 9.59 Å². The van der Waals surface area contributed by atoms with Crippen LogP contribution in [0.5, 0.6) is 0 Å². The summed E-state index contributed by atoms with van der Waals surface area (Å²) < 4.78 is 0. The number of aliphatic carboxylic acids is 1. The van der Waals surface area contributed by atoms with E-state index in [1.165, 1.54) is 6.92 Å². The molecule has 104 valence electrons. The fourth-order valence-electron chi connectivity index (χ4n) is 1.29. The maximum absolute atomic E-state index is 11.5. The third-order valence-electron chi connectivity index (χ3n) is 2.31. The number of amides is 3. The molecule has 0 aliphatic rings. The average molecular weight is 259 g/mol. The summed E-state index contributed by atoms with van der Waals surface area (Å²) in [6, 6.07) is -2.37. The van der Waals surface area contributed by atoms with Gasteiger partial charge in [0.25, 0.3) is 0 Å². The molecule has 2 unspecified atom stereocenters. The SMILES string of the molecule is CCNC(=O)C(C)NC(=O)NC(C(=O)O)C(C)C. The lowest BCUT2D eigenvalue weighted by Crippen LogP contribution is -2.53. The summed E-state index contributed by atoms with van der Waals surface area (Å²) in [5, 5.41) is 16.1.